The number of benzene rings is 1. The monoisotopic (exact) mass is 340 g/mol. The van der Waals surface area contributed by atoms with Crippen molar-refractivity contribution >= 4 is 23.1 Å². The lowest BCUT2D eigenvalue weighted by molar-refractivity contribution is -0.115. The Bertz CT molecular complexity index is 628. The van der Waals surface area contributed by atoms with Crippen LogP contribution in [-0.2, 0) is 4.79 Å². The summed E-state index contributed by atoms with van der Waals surface area (Å²) in [5, 5.41) is 9.42. The molecule has 5 heteroatoms. The van der Waals surface area contributed by atoms with Crippen LogP contribution in [0, 0.1) is 0 Å². The summed E-state index contributed by atoms with van der Waals surface area (Å²) >= 11 is 0. The molecule has 2 aromatic rings. The van der Waals surface area contributed by atoms with E-state index in [1.165, 1.54) is 12.8 Å². The molecule has 0 fully saturated rings. The number of aromatic nitrogens is 1. The number of hydrogen-bond donors (Lipinski definition) is 3. The van der Waals surface area contributed by atoms with Gasteiger partial charge in [-0.15, -0.1) is 0 Å². The van der Waals surface area contributed by atoms with Crippen molar-refractivity contribution in [3.8, 4) is 0 Å². The number of nitrogens with zero attached hydrogens (tertiary/aromatic N) is 1. The molecule has 5 nitrogen and oxygen atoms in total. The zero-order valence-electron chi connectivity index (χ0n) is 15.1. The molecule has 0 radical (unpaired) electrons. The van der Waals surface area contributed by atoms with Gasteiger partial charge in [-0.2, -0.15) is 0 Å². The van der Waals surface area contributed by atoms with E-state index in [0.29, 0.717) is 18.3 Å². The van der Waals surface area contributed by atoms with Crippen LogP contribution in [0.1, 0.15) is 39.5 Å². The van der Waals surface area contributed by atoms with Crippen molar-refractivity contribution in [3.63, 3.8) is 0 Å². The molecule has 0 aliphatic rings. The van der Waals surface area contributed by atoms with Crippen LogP contribution >= 0.6 is 0 Å². The number of unbranched alkanes of at least 4 members (excludes halogenated alkanes) is 1. The molecular formula is C20H28N4O. The molecule has 1 aromatic carbocycles. The minimum Gasteiger partial charge on any atom is -0.340 e. The van der Waals surface area contributed by atoms with E-state index in [-0.39, 0.29) is 5.91 Å². The van der Waals surface area contributed by atoms with Gasteiger partial charge < -0.3 is 16.0 Å². The van der Waals surface area contributed by atoms with Gasteiger partial charge in [0.1, 0.15) is 5.82 Å². The average Bonchev–Trinajstić information content (AvgIpc) is 2.64. The average molecular weight is 340 g/mol. The van der Waals surface area contributed by atoms with Crippen molar-refractivity contribution in [3.05, 3.63) is 48.7 Å². The molecule has 0 saturated carbocycles. The Hall–Kier alpha value is -2.40. The fourth-order valence-electron chi connectivity index (χ4n) is 2.55. The van der Waals surface area contributed by atoms with Gasteiger partial charge in [0.2, 0.25) is 5.91 Å². The highest BCUT2D eigenvalue weighted by molar-refractivity contribution is 5.92. The second-order valence-electron chi connectivity index (χ2n) is 6.10. The molecule has 0 aliphatic carbocycles. The molecular weight excluding hydrogens is 312 g/mol. The van der Waals surface area contributed by atoms with Gasteiger partial charge in [-0.1, -0.05) is 44.9 Å². The SMILES string of the molecule is CCCCC(CC)NCC(=O)Nc1ccc(Nc2ccccc2)nc1. The van der Waals surface area contributed by atoms with Crippen LogP contribution in [0.15, 0.2) is 48.7 Å². The summed E-state index contributed by atoms with van der Waals surface area (Å²) in [5.74, 6) is 0.702. The molecule has 134 valence electrons. The summed E-state index contributed by atoms with van der Waals surface area (Å²) in [6.07, 6.45) is 6.18. The molecule has 1 heterocycles. The van der Waals surface area contributed by atoms with Gasteiger partial charge >= 0.3 is 0 Å². The Morgan fingerprint density at radius 1 is 1.08 bits per heavy atom. The molecule has 3 N–H and O–H groups in total. The van der Waals surface area contributed by atoms with Gasteiger partial charge in [-0.3, -0.25) is 4.79 Å². The molecule has 0 spiro atoms. The Morgan fingerprint density at radius 3 is 2.52 bits per heavy atom. The number of anilines is 3. The molecule has 1 atom stereocenters. The number of carbonyl (C=O) groups is 1. The summed E-state index contributed by atoms with van der Waals surface area (Å²) in [6, 6.07) is 14.0. The topological polar surface area (TPSA) is 66.1 Å². The van der Waals surface area contributed by atoms with Gasteiger partial charge in [0.05, 0.1) is 18.4 Å². The summed E-state index contributed by atoms with van der Waals surface area (Å²) in [4.78, 5) is 16.4. The van der Waals surface area contributed by atoms with E-state index in [1.54, 1.807) is 6.20 Å². The van der Waals surface area contributed by atoms with Crippen molar-refractivity contribution in [2.75, 3.05) is 17.2 Å². The fraction of sp³-hybridized carbons (Fsp3) is 0.400. The lowest BCUT2D eigenvalue weighted by Gasteiger charge is -2.16. The number of pyridine rings is 1. The lowest BCUT2D eigenvalue weighted by atomic mass is 10.1. The fourth-order valence-corrected chi connectivity index (χ4v) is 2.55. The van der Waals surface area contributed by atoms with Crippen LogP contribution < -0.4 is 16.0 Å². The standard InChI is InChI=1S/C20H28N4O/c1-3-5-9-16(4-2)21-15-20(25)24-18-12-13-19(22-14-18)23-17-10-7-6-8-11-17/h6-8,10-14,16,21H,3-5,9,15H2,1-2H3,(H,22,23)(H,24,25). The quantitative estimate of drug-likeness (QED) is 0.602. The molecule has 0 saturated heterocycles. The van der Waals surface area contributed by atoms with Gasteiger partial charge in [0.25, 0.3) is 0 Å². The van der Waals surface area contributed by atoms with Crippen molar-refractivity contribution in [2.45, 2.75) is 45.6 Å². The largest absolute Gasteiger partial charge is 0.340 e. The maximum atomic E-state index is 12.1. The highest BCUT2D eigenvalue weighted by atomic mass is 16.1. The van der Waals surface area contributed by atoms with Gasteiger partial charge in [0.15, 0.2) is 0 Å². The van der Waals surface area contributed by atoms with E-state index in [2.05, 4.69) is 34.8 Å². The predicted octanol–water partition coefficient (Wildman–Crippen LogP) is 4.32. The van der Waals surface area contributed by atoms with Gasteiger partial charge in [-0.05, 0) is 37.1 Å². The Labute approximate surface area is 150 Å². The maximum Gasteiger partial charge on any atom is 0.238 e. The first kappa shape index (κ1) is 18.9. The lowest BCUT2D eigenvalue weighted by Crippen LogP contribution is -2.35. The van der Waals surface area contributed by atoms with Crippen molar-refractivity contribution in [2.24, 2.45) is 0 Å². The number of rotatable bonds is 10. The normalized spacial score (nSPS) is 11.8. The van der Waals surface area contributed by atoms with E-state index in [0.717, 1.165) is 24.3 Å². The number of amides is 1. The molecule has 2 rings (SSSR count). The molecule has 0 bridgehead atoms. The second kappa shape index (κ2) is 10.5. The van der Waals surface area contributed by atoms with Crippen molar-refractivity contribution in [1.29, 1.82) is 0 Å². The van der Waals surface area contributed by atoms with E-state index in [4.69, 9.17) is 0 Å². The molecule has 25 heavy (non-hydrogen) atoms. The number of carbonyl (C=O) groups excluding carboxylic acids is 1. The third kappa shape index (κ3) is 6.93. The van der Waals surface area contributed by atoms with Crippen molar-refractivity contribution < 1.29 is 4.79 Å². The number of hydrogen-bond acceptors (Lipinski definition) is 4. The zero-order chi connectivity index (χ0) is 17.9. The summed E-state index contributed by atoms with van der Waals surface area (Å²) in [6.45, 7) is 4.66. The summed E-state index contributed by atoms with van der Waals surface area (Å²) < 4.78 is 0. The highest BCUT2D eigenvalue weighted by Crippen LogP contribution is 2.15. The zero-order valence-corrected chi connectivity index (χ0v) is 15.1. The molecule has 1 amide bonds. The van der Waals surface area contributed by atoms with Crippen LogP contribution in [-0.4, -0.2) is 23.5 Å². The third-order valence-electron chi connectivity index (χ3n) is 4.04. The second-order valence-corrected chi connectivity index (χ2v) is 6.10. The number of para-hydroxylation sites is 1. The van der Waals surface area contributed by atoms with E-state index in [1.807, 2.05) is 42.5 Å². The minimum atomic E-state index is -0.0412. The first-order valence-corrected chi connectivity index (χ1v) is 9.02. The highest BCUT2D eigenvalue weighted by Gasteiger charge is 2.08. The minimum absolute atomic E-state index is 0.0412. The van der Waals surface area contributed by atoms with Crippen molar-refractivity contribution in [1.82, 2.24) is 10.3 Å². The molecule has 1 aromatic heterocycles. The summed E-state index contributed by atoms with van der Waals surface area (Å²) in [5.41, 5.74) is 1.68. The van der Waals surface area contributed by atoms with Crippen LogP contribution in [0.2, 0.25) is 0 Å². The Morgan fingerprint density at radius 2 is 1.88 bits per heavy atom. The Kier molecular flexibility index (Phi) is 7.92. The van der Waals surface area contributed by atoms with Crippen LogP contribution in [0.25, 0.3) is 0 Å². The first-order valence-electron chi connectivity index (χ1n) is 9.02. The van der Waals surface area contributed by atoms with Crippen LogP contribution in [0.4, 0.5) is 17.2 Å². The summed E-state index contributed by atoms with van der Waals surface area (Å²) in [7, 11) is 0. The number of nitrogens with one attached hydrogen (secondary N) is 3. The molecule has 0 aliphatic heterocycles. The third-order valence-corrected chi connectivity index (χ3v) is 4.04. The van der Waals surface area contributed by atoms with Crippen LogP contribution in [0.3, 0.4) is 0 Å². The maximum absolute atomic E-state index is 12.1. The smallest absolute Gasteiger partial charge is 0.238 e. The Balaban J connectivity index is 1.79. The van der Waals surface area contributed by atoms with E-state index < -0.39 is 0 Å². The van der Waals surface area contributed by atoms with Gasteiger partial charge in [0, 0.05) is 11.7 Å². The molecule has 1 unspecified atom stereocenters. The van der Waals surface area contributed by atoms with E-state index in [9.17, 15) is 4.79 Å². The van der Waals surface area contributed by atoms with Gasteiger partial charge in [-0.25, -0.2) is 4.98 Å². The van der Waals surface area contributed by atoms with Crippen LogP contribution in [0.5, 0.6) is 0 Å². The first-order chi connectivity index (χ1) is 12.2. The predicted molar refractivity (Wildman–Crippen MR) is 104 cm³/mol. The van der Waals surface area contributed by atoms with E-state index >= 15 is 0 Å².